The molecule has 0 N–H and O–H groups in total. The molecule has 0 aromatic heterocycles. The van der Waals surface area contributed by atoms with Gasteiger partial charge in [0.15, 0.2) is 0 Å². The van der Waals surface area contributed by atoms with Crippen LogP contribution < -0.4 is 0 Å². The van der Waals surface area contributed by atoms with E-state index in [4.69, 9.17) is 9.47 Å². The second-order valence-corrected chi connectivity index (χ2v) is 6.72. The van der Waals surface area contributed by atoms with Crippen LogP contribution >= 0.6 is 0 Å². The zero-order chi connectivity index (χ0) is 19.3. The van der Waals surface area contributed by atoms with Crippen LogP contribution in [0.15, 0.2) is 0 Å². The lowest BCUT2D eigenvalue weighted by Crippen LogP contribution is -2.38. The Morgan fingerprint density at radius 2 is 1.68 bits per heavy atom. The fourth-order valence-electron chi connectivity index (χ4n) is 3.46. The first-order chi connectivity index (χ1) is 11.9. The SMILES string of the molecule is CCCCCCC(C)(C#N)C(CC)C(CC(=O)OCC)C(=O)OCC. The highest BCUT2D eigenvalue weighted by molar-refractivity contribution is 5.80. The van der Waals surface area contributed by atoms with Gasteiger partial charge in [-0.25, -0.2) is 0 Å². The van der Waals surface area contributed by atoms with Crippen molar-refractivity contribution in [3.63, 3.8) is 0 Å². The maximum atomic E-state index is 12.5. The van der Waals surface area contributed by atoms with Gasteiger partial charge in [-0.2, -0.15) is 5.26 Å². The Morgan fingerprint density at radius 1 is 1.04 bits per heavy atom. The van der Waals surface area contributed by atoms with Crippen LogP contribution in [0.1, 0.15) is 79.6 Å². The minimum atomic E-state index is -0.660. The molecule has 0 saturated carbocycles. The van der Waals surface area contributed by atoms with Crippen LogP contribution in [0.25, 0.3) is 0 Å². The maximum Gasteiger partial charge on any atom is 0.309 e. The Hall–Kier alpha value is -1.57. The molecule has 0 spiro atoms. The summed E-state index contributed by atoms with van der Waals surface area (Å²) in [4.78, 5) is 24.5. The molecule has 144 valence electrons. The summed E-state index contributed by atoms with van der Waals surface area (Å²) in [5, 5.41) is 9.82. The molecule has 0 aromatic carbocycles. The summed E-state index contributed by atoms with van der Waals surface area (Å²) in [7, 11) is 0. The molecule has 0 aliphatic carbocycles. The average molecular weight is 354 g/mol. The summed E-state index contributed by atoms with van der Waals surface area (Å²) in [5.41, 5.74) is -0.660. The van der Waals surface area contributed by atoms with Crippen LogP contribution in [0, 0.1) is 28.6 Å². The van der Waals surface area contributed by atoms with Gasteiger partial charge in [-0.3, -0.25) is 9.59 Å². The highest BCUT2D eigenvalue weighted by Gasteiger charge is 2.43. The fraction of sp³-hybridized carbons (Fsp3) is 0.850. The average Bonchev–Trinajstić information content (AvgIpc) is 2.59. The van der Waals surface area contributed by atoms with Crippen molar-refractivity contribution in [2.45, 2.75) is 79.6 Å². The summed E-state index contributed by atoms with van der Waals surface area (Å²) in [6.07, 6.45) is 5.63. The Kier molecular flexibility index (Phi) is 11.9. The van der Waals surface area contributed by atoms with Crippen molar-refractivity contribution in [3.8, 4) is 6.07 Å². The van der Waals surface area contributed by atoms with E-state index in [-0.39, 0.29) is 25.6 Å². The van der Waals surface area contributed by atoms with Gasteiger partial charge in [-0.15, -0.1) is 0 Å². The molecule has 0 heterocycles. The molecule has 0 rings (SSSR count). The Balaban J connectivity index is 5.36. The summed E-state index contributed by atoms with van der Waals surface area (Å²) in [6, 6.07) is 2.43. The first-order valence-electron chi connectivity index (χ1n) is 9.63. The molecule has 3 atom stereocenters. The normalized spacial score (nSPS) is 15.5. The molecule has 3 unspecified atom stereocenters. The first kappa shape index (κ1) is 23.4. The van der Waals surface area contributed by atoms with E-state index in [2.05, 4.69) is 13.0 Å². The number of unbranched alkanes of at least 4 members (excludes halogenated alkanes) is 3. The third-order valence-electron chi connectivity index (χ3n) is 4.83. The number of nitrogens with zero attached hydrogens (tertiary/aromatic N) is 1. The number of carbonyl (C=O) groups excluding carboxylic acids is 2. The lowest BCUT2D eigenvalue weighted by molar-refractivity contribution is -0.158. The van der Waals surface area contributed by atoms with Gasteiger partial charge in [-0.1, -0.05) is 46.0 Å². The number of hydrogen-bond acceptors (Lipinski definition) is 5. The van der Waals surface area contributed by atoms with E-state index in [1.807, 2.05) is 13.8 Å². The van der Waals surface area contributed by atoms with E-state index >= 15 is 0 Å². The number of carbonyl (C=O) groups is 2. The van der Waals surface area contributed by atoms with Crippen molar-refractivity contribution in [1.82, 2.24) is 0 Å². The van der Waals surface area contributed by atoms with Crippen LogP contribution in [0.4, 0.5) is 0 Å². The topological polar surface area (TPSA) is 76.4 Å². The molecule has 25 heavy (non-hydrogen) atoms. The number of hydrogen-bond donors (Lipinski definition) is 0. The number of esters is 2. The number of nitriles is 1. The fourth-order valence-corrected chi connectivity index (χ4v) is 3.46. The Labute approximate surface area is 153 Å². The number of rotatable bonds is 13. The molecular formula is C20H35NO4. The highest BCUT2D eigenvalue weighted by atomic mass is 16.5. The van der Waals surface area contributed by atoms with E-state index in [1.165, 1.54) is 0 Å². The molecule has 5 heteroatoms. The van der Waals surface area contributed by atoms with Crippen molar-refractivity contribution in [3.05, 3.63) is 0 Å². The van der Waals surface area contributed by atoms with E-state index in [9.17, 15) is 14.9 Å². The molecule has 0 fully saturated rings. The molecule has 0 amide bonds. The van der Waals surface area contributed by atoms with Gasteiger partial charge in [0.2, 0.25) is 0 Å². The lowest BCUT2D eigenvalue weighted by Gasteiger charge is -2.35. The molecule has 0 radical (unpaired) electrons. The van der Waals surface area contributed by atoms with Crippen molar-refractivity contribution in [2.75, 3.05) is 13.2 Å². The van der Waals surface area contributed by atoms with Crippen LogP contribution in [0.3, 0.4) is 0 Å². The van der Waals surface area contributed by atoms with Gasteiger partial charge < -0.3 is 9.47 Å². The quantitative estimate of drug-likeness (QED) is 0.356. The summed E-state index contributed by atoms with van der Waals surface area (Å²) in [6.45, 7) is 10.0. The molecule has 0 saturated heterocycles. The predicted octanol–water partition coefficient (Wildman–Crippen LogP) is 4.65. The standard InChI is InChI=1S/C20H35NO4/c1-6-10-11-12-13-20(5,15-21)17(7-2)16(19(23)25-9-4)14-18(22)24-8-3/h16-17H,6-14H2,1-5H3. The zero-order valence-corrected chi connectivity index (χ0v) is 16.6. The Bertz CT molecular complexity index is 443. The third-order valence-corrected chi connectivity index (χ3v) is 4.83. The van der Waals surface area contributed by atoms with E-state index in [1.54, 1.807) is 13.8 Å². The van der Waals surface area contributed by atoms with Gasteiger partial charge in [0.25, 0.3) is 0 Å². The highest BCUT2D eigenvalue weighted by Crippen LogP contribution is 2.41. The maximum absolute atomic E-state index is 12.5. The first-order valence-corrected chi connectivity index (χ1v) is 9.63. The largest absolute Gasteiger partial charge is 0.466 e. The summed E-state index contributed by atoms with van der Waals surface area (Å²) in [5.74, 6) is -1.69. The van der Waals surface area contributed by atoms with E-state index in [0.29, 0.717) is 6.42 Å². The zero-order valence-electron chi connectivity index (χ0n) is 16.6. The molecule has 5 nitrogen and oxygen atoms in total. The molecule has 0 aliphatic heterocycles. The predicted molar refractivity (Wildman–Crippen MR) is 97.6 cm³/mol. The lowest BCUT2D eigenvalue weighted by atomic mass is 9.66. The van der Waals surface area contributed by atoms with Crippen molar-refractivity contribution >= 4 is 11.9 Å². The van der Waals surface area contributed by atoms with Crippen LogP contribution in [-0.4, -0.2) is 25.2 Å². The summed E-state index contributed by atoms with van der Waals surface area (Å²) >= 11 is 0. The van der Waals surface area contributed by atoms with Gasteiger partial charge in [-0.05, 0) is 33.1 Å². The molecule has 0 aromatic rings. The minimum Gasteiger partial charge on any atom is -0.466 e. The molecule has 0 aliphatic rings. The number of ether oxygens (including phenoxy) is 2. The van der Waals surface area contributed by atoms with Gasteiger partial charge >= 0.3 is 11.9 Å². The van der Waals surface area contributed by atoms with Gasteiger partial charge in [0.05, 0.1) is 37.0 Å². The molecular weight excluding hydrogens is 318 g/mol. The van der Waals surface area contributed by atoms with Gasteiger partial charge in [0.1, 0.15) is 0 Å². The van der Waals surface area contributed by atoms with Crippen molar-refractivity contribution in [1.29, 1.82) is 5.26 Å². The smallest absolute Gasteiger partial charge is 0.309 e. The minimum absolute atomic E-state index is 0.0303. The van der Waals surface area contributed by atoms with Crippen LogP contribution in [0.2, 0.25) is 0 Å². The third kappa shape index (κ3) is 7.90. The summed E-state index contributed by atoms with van der Waals surface area (Å²) < 4.78 is 10.2. The van der Waals surface area contributed by atoms with Crippen molar-refractivity contribution < 1.29 is 19.1 Å². The van der Waals surface area contributed by atoms with Crippen LogP contribution in [-0.2, 0) is 19.1 Å². The second kappa shape index (κ2) is 12.7. The van der Waals surface area contributed by atoms with Crippen molar-refractivity contribution in [2.24, 2.45) is 17.3 Å². The second-order valence-electron chi connectivity index (χ2n) is 6.72. The van der Waals surface area contributed by atoms with Crippen LogP contribution in [0.5, 0.6) is 0 Å². The Morgan fingerprint density at radius 3 is 2.16 bits per heavy atom. The van der Waals surface area contributed by atoms with E-state index in [0.717, 1.165) is 32.1 Å². The molecule has 0 bridgehead atoms. The van der Waals surface area contributed by atoms with E-state index < -0.39 is 23.3 Å². The monoisotopic (exact) mass is 353 g/mol. The van der Waals surface area contributed by atoms with Gasteiger partial charge in [0, 0.05) is 0 Å².